The second-order valence-corrected chi connectivity index (χ2v) is 3.55. The van der Waals surface area contributed by atoms with E-state index in [0.29, 0.717) is 5.41 Å². The Hall–Kier alpha value is -0.520. The van der Waals surface area contributed by atoms with E-state index in [9.17, 15) is 0 Å². The molecule has 0 aromatic carbocycles. The van der Waals surface area contributed by atoms with Crippen LogP contribution in [0.4, 0.5) is 0 Å². The quantitative estimate of drug-likeness (QED) is 0.497. The first-order chi connectivity index (χ1) is 4.92. The molecule has 0 aliphatic carbocycles. The van der Waals surface area contributed by atoms with Gasteiger partial charge in [0.15, 0.2) is 0 Å². The minimum Gasteiger partial charge on any atom is -0.0961 e. The Morgan fingerprint density at radius 2 is 1.55 bits per heavy atom. The van der Waals surface area contributed by atoms with Gasteiger partial charge in [0.25, 0.3) is 0 Å². The maximum Gasteiger partial charge on any atom is -0.0200 e. The smallest absolute Gasteiger partial charge is 0.0200 e. The van der Waals surface area contributed by atoms with Crippen LogP contribution in [0.5, 0.6) is 0 Å². The molecule has 0 radical (unpaired) electrons. The van der Waals surface area contributed by atoms with Crippen molar-refractivity contribution in [1.29, 1.82) is 0 Å². The molecule has 0 aliphatic rings. The predicted octanol–water partition coefficient (Wildman–Crippen LogP) is 4.19. The third-order valence-corrected chi connectivity index (χ3v) is 0.868. The lowest BCUT2D eigenvalue weighted by Crippen LogP contribution is -1.97. The van der Waals surface area contributed by atoms with Gasteiger partial charge >= 0.3 is 0 Å². The fourth-order valence-electron chi connectivity index (χ4n) is 0.392. The van der Waals surface area contributed by atoms with Crippen LogP contribution in [0, 0.1) is 5.41 Å². The van der Waals surface area contributed by atoms with Gasteiger partial charge in [0.2, 0.25) is 0 Å². The first-order valence-electron chi connectivity index (χ1n) is 4.26. The van der Waals surface area contributed by atoms with Crippen LogP contribution in [0.3, 0.4) is 0 Å². The lowest BCUT2D eigenvalue weighted by molar-refractivity contribution is 0.544. The minimum absolute atomic E-state index is 0.291. The summed E-state index contributed by atoms with van der Waals surface area (Å²) in [4.78, 5) is 0. The fraction of sp³-hybridized carbons (Fsp3) is 0.636. The molecule has 0 nitrogen and oxygen atoms in total. The fourth-order valence-corrected chi connectivity index (χ4v) is 0.392. The summed E-state index contributed by atoms with van der Waals surface area (Å²) in [5, 5.41) is 0. The largest absolute Gasteiger partial charge is 0.0961 e. The Balaban J connectivity index is 0. The molecule has 0 heterocycles. The van der Waals surface area contributed by atoms with Gasteiger partial charge in [-0.3, -0.25) is 0 Å². The highest BCUT2D eigenvalue weighted by Crippen LogP contribution is 2.15. The average molecular weight is 154 g/mol. The van der Waals surface area contributed by atoms with E-state index in [0.717, 1.165) is 5.57 Å². The maximum atomic E-state index is 3.77. The normalized spacial score (nSPS) is 10.7. The highest BCUT2D eigenvalue weighted by molar-refractivity contribution is 5.13. The van der Waals surface area contributed by atoms with Gasteiger partial charge in [-0.1, -0.05) is 58.9 Å². The summed E-state index contributed by atoms with van der Waals surface area (Å²) in [5.41, 5.74) is 1.41. The predicted molar refractivity (Wildman–Crippen MR) is 54.8 cm³/mol. The van der Waals surface area contributed by atoms with E-state index in [1.165, 1.54) is 0 Å². The number of rotatable bonds is 1. The number of hydrogen-bond donors (Lipinski definition) is 0. The zero-order valence-electron chi connectivity index (χ0n) is 8.86. The minimum atomic E-state index is 0.291. The van der Waals surface area contributed by atoms with Gasteiger partial charge in [-0.2, -0.15) is 0 Å². The number of allylic oxidation sites excluding steroid dienone is 3. The molecule has 0 fully saturated rings. The summed E-state index contributed by atoms with van der Waals surface area (Å²) in [6, 6.07) is 0. The van der Waals surface area contributed by atoms with Crippen LogP contribution in [0.15, 0.2) is 24.3 Å². The van der Waals surface area contributed by atoms with E-state index in [4.69, 9.17) is 0 Å². The van der Waals surface area contributed by atoms with E-state index in [-0.39, 0.29) is 0 Å². The highest BCUT2D eigenvalue weighted by Gasteiger charge is 2.02. The Kier molecular flexibility index (Phi) is 7.39. The SMILES string of the molecule is C=C(C)/C=C\C(C)(C)C.CC. The van der Waals surface area contributed by atoms with Crippen molar-refractivity contribution in [2.24, 2.45) is 5.41 Å². The molecule has 0 saturated heterocycles. The zero-order chi connectivity index (χ0) is 9.49. The van der Waals surface area contributed by atoms with Crippen LogP contribution >= 0.6 is 0 Å². The first-order valence-corrected chi connectivity index (χ1v) is 4.26. The molecule has 0 aliphatic heterocycles. The molecule has 66 valence electrons. The van der Waals surface area contributed by atoms with Crippen molar-refractivity contribution in [3.05, 3.63) is 24.3 Å². The van der Waals surface area contributed by atoms with Crippen molar-refractivity contribution in [2.45, 2.75) is 41.5 Å². The van der Waals surface area contributed by atoms with E-state index in [2.05, 4.69) is 39.5 Å². The summed E-state index contributed by atoms with van der Waals surface area (Å²) in [6.45, 7) is 16.3. The molecule has 0 amide bonds. The van der Waals surface area contributed by atoms with E-state index in [1.54, 1.807) is 0 Å². The van der Waals surface area contributed by atoms with Gasteiger partial charge in [0, 0.05) is 0 Å². The van der Waals surface area contributed by atoms with Crippen molar-refractivity contribution in [2.75, 3.05) is 0 Å². The van der Waals surface area contributed by atoms with Gasteiger partial charge in [-0.05, 0) is 12.3 Å². The molecule has 0 unspecified atom stereocenters. The van der Waals surface area contributed by atoms with Crippen LogP contribution in [0.1, 0.15) is 41.5 Å². The lowest BCUT2D eigenvalue weighted by Gasteiger charge is -2.10. The van der Waals surface area contributed by atoms with Crippen molar-refractivity contribution in [3.8, 4) is 0 Å². The Bertz CT molecular complexity index is 121. The zero-order valence-corrected chi connectivity index (χ0v) is 8.86. The molecular formula is C11H22. The lowest BCUT2D eigenvalue weighted by atomic mass is 9.96. The van der Waals surface area contributed by atoms with Crippen LogP contribution in [0.25, 0.3) is 0 Å². The molecule has 0 spiro atoms. The first kappa shape index (κ1) is 13.1. The maximum absolute atomic E-state index is 3.77. The molecule has 0 atom stereocenters. The standard InChI is InChI=1S/C9H16.C2H6/c1-8(2)6-7-9(3,4)5;1-2/h6-7H,1H2,2-5H3;1-2H3/b7-6-;. The summed E-state index contributed by atoms with van der Waals surface area (Å²) >= 11 is 0. The number of hydrogen-bond acceptors (Lipinski definition) is 0. The molecule has 0 heteroatoms. The second kappa shape index (κ2) is 6.21. The van der Waals surface area contributed by atoms with Gasteiger partial charge < -0.3 is 0 Å². The summed E-state index contributed by atoms with van der Waals surface area (Å²) in [5.74, 6) is 0. The van der Waals surface area contributed by atoms with E-state index >= 15 is 0 Å². The van der Waals surface area contributed by atoms with Crippen molar-refractivity contribution < 1.29 is 0 Å². The van der Waals surface area contributed by atoms with Crippen LogP contribution in [-0.4, -0.2) is 0 Å². The van der Waals surface area contributed by atoms with Crippen molar-refractivity contribution in [1.82, 2.24) is 0 Å². The van der Waals surface area contributed by atoms with Crippen LogP contribution < -0.4 is 0 Å². The third kappa shape index (κ3) is 17.7. The van der Waals surface area contributed by atoms with Crippen molar-refractivity contribution in [3.63, 3.8) is 0 Å². The molecule has 0 N–H and O–H groups in total. The average Bonchev–Trinajstić information content (AvgIpc) is 1.87. The van der Waals surface area contributed by atoms with E-state index < -0.39 is 0 Å². The van der Waals surface area contributed by atoms with Crippen molar-refractivity contribution >= 4 is 0 Å². The topological polar surface area (TPSA) is 0 Å². The van der Waals surface area contributed by atoms with E-state index in [1.807, 2.05) is 20.8 Å². The molecule has 0 aromatic heterocycles. The van der Waals surface area contributed by atoms with Crippen LogP contribution in [-0.2, 0) is 0 Å². The van der Waals surface area contributed by atoms with Gasteiger partial charge in [0.05, 0.1) is 0 Å². The van der Waals surface area contributed by atoms with Crippen LogP contribution in [0.2, 0.25) is 0 Å². The van der Waals surface area contributed by atoms with Gasteiger partial charge in [0.1, 0.15) is 0 Å². The Morgan fingerprint density at radius 1 is 1.18 bits per heavy atom. The highest BCUT2D eigenvalue weighted by atomic mass is 14.1. The van der Waals surface area contributed by atoms with Gasteiger partial charge in [-0.15, -0.1) is 0 Å². The monoisotopic (exact) mass is 154 g/mol. The summed E-state index contributed by atoms with van der Waals surface area (Å²) in [7, 11) is 0. The molecule has 0 bridgehead atoms. The molecule has 0 saturated carbocycles. The molecule has 0 rings (SSSR count). The Morgan fingerprint density at radius 3 is 1.64 bits per heavy atom. The second-order valence-electron chi connectivity index (χ2n) is 3.55. The summed E-state index contributed by atoms with van der Waals surface area (Å²) in [6.07, 6.45) is 4.22. The Labute approximate surface area is 72.0 Å². The molecular weight excluding hydrogens is 132 g/mol. The molecule has 11 heavy (non-hydrogen) atoms. The molecule has 0 aromatic rings. The summed E-state index contributed by atoms with van der Waals surface area (Å²) < 4.78 is 0. The van der Waals surface area contributed by atoms with Gasteiger partial charge in [-0.25, -0.2) is 0 Å². The third-order valence-electron chi connectivity index (χ3n) is 0.868.